The highest BCUT2D eigenvalue weighted by Crippen LogP contribution is 2.46. The Morgan fingerprint density at radius 2 is 2.10 bits per heavy atom. The van der Waals surface area contributed by atoms with Crippen LogP contribution in [0.4, 0.5) is 10.1 Å². The molecular formula is C22H25FN4O3S. The van der Waals surface area contributed by atoms with Gasteiger partial charge in [-0.15, -0.1) is 11.3 Å². The summed E-state index contributed by atoms with van der Waals surface area (Å²) < 4.78 is 17.1. The number of nitrogens with two attached hydrogens (primary N) is 2. The minimum Gasteiger partial charge on any atom is -0.396 e. The summed E-state index contributed by atoms with van der Waals surface area (Å²) in [6.07, 6.45) is 4.39. The van der Waals surface area contributed by atoms with Gasteiger partial charge in [0.2, 0.25) is 0 Å². The summed E-state index contributed by atoms with van der Waals surface area (Å²) in [5, 5.41) is 9.59. The first-order valence-electron chi connectivity index (χ1n) is 10.6. The van der Waals surface area contributed by atoms with Crippen LogP contribution < -0.4 is 22.7 Å². The third-order valence-corrected chi connectivity index (χ3v) is 7.87. The Labute approximate surface area is 181 Å². The molecule has 0 spiro atoms. The fraction of sp³-hybridized carbons (Fsp3) is 0.455. The predicted octanol–water partition coefficient (Wildman–Crippen LogP) is 2.52. The molecule has 6 N–H and O–H groups in total. The zero-order chi connectivity index (χ0) is 22.0. The highest BCUT2D eigenvalue weighted by atomic mass is 32.1. The van der Waals surface area contributed by atoms with Gasteiger partial charge >= 0.3 is 5.69 Å². The number of rotatable bonds is 4. The second kappa shape index (κ2) is 7.29. The number of aliphatic hydroxyl groups excluding tert-OH is 1. The lowest BCUT2D eigenvalue weighted by atomic mass is 9.82. The van der Waals surface area contributed by atoms with Crippen molar-refractivity contribution in [3.63, 3.8) is 0 Å². The molecule has 0 amide bonds. The third-order valence-electron chi connectivity index (χ3n) is 6.65. The van der Waals surface area contributed by atoms with Crippen molar-refractivity contribution in [3.05, 3.63) is 48.7 Å². The smallest absolute Gasteiger partial charge is 0.329 e. The number of nitrogens with one attached hydrogen (secondary N) is 1. The molecule has 0 bridgehead atoms. The van der Waals surface area contributed by atoms with E-state index >= 15 is 4.39 Å². The van der Waals surface area contributed by atoms with E-state index in [0.29, 0.717) is 21.5 Å². The number of hydrogen-bond acceptors (Lipinski definition) is 6. The maximum absolute atomic E-state index is 15.6. The molecule has 2 unspecified atom stereocenters. The number of thiophene rings is 1. The van der Waals surface area contributed by atoms with Crippen molar-refractivity contribution in [2.45, 2.75) is 57.0 Å². The molecule has 0 aliphatic heterocycles. The lowest BCUT2D eigenvalue weighted by Gasteiger charge is -2.26. The van der Waals surface area contributed by atoms with E-state index in [9.17, 15) is 14.7 Å². The first-order chi connectivity index (χ1) is 14.8. The van der Waals surface area contributed by atoms with Crippen molar-refractivity contribution >= 4 is 27.9 Å². The summed E-state index contributed by atoms with van der Waals surface area (Å²) >= 11 is 1.50. The van der Waals surface area contributed by atoms with Gasteiger partial charge in [0.15, 0.2) is 5.82 Å². The van der Waals surface area contributed by atoms with E-state index in [1.54, 1.807) is 11.5 Å². The van der Waals surface area contributed by atoms with Crippen molar-refractivity contribution in [2.75, 3.05) is 12.3 Å². The number of halogens is 1. The molecule has 31 heavy (non-hydrogen) atoms. The number of aromatic amines is 1. The average Bonchev–Trinajstić information content (AvgIpc) is 3.48. The molecule has 1 saturated carbocycles. The Bertz CT molecular complexity index is 1320. The summed E-state index contributed by atoms with van der Waals surface area (Å²) in [7, 11) is 0. The zero-order valence-electron chi connectivity index (χ0n) is 17.2. The summed E-state index contributed by atoms with van der Waals surface area (Å²) in [6.45, 7) is 1.63. The molecule has 5 rings (SSSR count). The van der Waals surface area contributed by atoms with Gasteiger partial charge in [-0.2, -0.15) is 0 Å². The summed E-state index contributed by atoms with van der Waals surface area (Å²) in [6, 6.07) is 1.57. The molecule has 1 fully saturated rings. The molecule has 2 aromatic heterocycles. The van der Waals surface area contributed by atoms with E-state index in [-0.39, 0.29) is 35.7 Å². The maximum atomic E-state index is 15.6. The second-order valence-electron chi connectivity index (χ2n) is 8.65. The molecule has 0 saturated heterocycles. The maximum Gasteiger partial charge on any atom is 0.329 e. The molecule has 2 heterocycles. The van der Waals surface area contributed by atoms with Crippen molar-refractivity contribution in [2.24, 2.45) is 5.73 Å². The van der Waals surface area contributed by atoms with E-state index in [0.717, 1.165) is 42.5 Å². The number of aromatic nitrogens is 2. The lowest BCUT2D eigenvalue weighted by molar-refractivity contribution is 0.242. The van der Waals surface area contributed by atoms with E-state index in [1.165, 1.54) is 11.3 Å². The molecule has 2 aliphatic rings. The van der Waals surface area contributed by atoms with Gasteiger partial charge < -0.3 is 16.6 Å². The standard InChI is InChI=1S/C22H25FN4O3S/c1-9-16(15-7-12-11(13(24)8-28)3-2-4-14(12)31-15)18(23)19(25)17-20(9)27(10-5-6-10)22(30)26-21(17)29/h7,10-11,13,28H,2-6,8,24-25H2,1H3,(H,26,29,30). The van der Waals surface area contributed by atoms with Crippen molar-refractivity contribution in [1.29, 1.82) is 0 Å². The minimum absolute atomic E-state index is 0.00765. The quantitative estimate of drug-likeness (QED) is 0.460. The van der Waals surface area contributed by atoms with Crippen molar-refractivity contribution < 1.29 is 9.50 Å². The predicted molar refractivity (Wildman–Crippen MR) is 120 cm³/mol. The van der Waals surface area contributed by atoms with Crippen LogP contribution in [0.5, 0.6) is 0 Å². The Morgan fingerprint density at radius 1 is 1.35 bits per heavy atom. The lowest BCUT2D eigenvalue weighted by Crippen LogP contribution is -2.33. The largest absolute Gasteiger partial charge is 0.396 e. The molecular weight excluding hydrogens is 419 g/mol. The van der Waals surface area contributed by atoms with Gasteiger partial charge in [0.1, 0.15) is 0 Å². The SMILES string of the molecule is Cc1c(-c2cc3c(s2)CCCC3C(N)CO)c(F)c(N)c2c(=O)[nH]c(=O)n(C3CC3)c12. The normalized spacial score (nSPS) is 19.5. The number of aliphatic hydroxyl groups is 1. The van der Waals surface area contributed by atoms with E-state index < -0.39 is 17.1 Å². The number of anilines is 1. The molecule has 3 aromatic rings. The topological polar surface area (TPSA) is 127 Å². The number of nitrogen functional groups attached to an aromatic ring is 1. The van der Waals surface area contributed by atoms with Crippen LogP contribution in [0.2, 0.25) is 0 Å². The van der Waals surface area contributed by atoms with E-state index in [1.807, 2.05) is 6.07 Å². The Balaban J connectivity index is 1.79. The fourth-order valence-electron chi connectivity index (χ4n) is 4.95. The van der Waals surface area contributed by atoms with Crippen LogP contribution in [0.3, 0.4) is 0 Å². The van der Waals surface area contributed by atoms with E-state index in [4.69, 9.17) is 11.5 Å². The molecule has 2 aliphatic carbocycles. The number of H-pyrrole nitrogens is 1. The monoisotopic (exact) mass is 444 g/mol. The highest BCUT2D eigenvalue weighted by Gasteiger charge is 2.32. The Hall–Kier alpha value is -2.49. The summed E-state index contributed by atoms with van der Waals surface area (Å²) in [5.74, 6) is -0.620. The average molecular weight is 445 g/mol. The summed E-state index contributed by atoms with van der Waals surface area (Å²) in [5.41, 5.74) is 13.2. The summed E-state index contributed by atoms with van der Waals surface area (Å²) in [4.78, 5) is 29.2. The van der Waals surface area contributed by atoms with Crippen LogP contribution in [0.15, 0.2) is 15.7 Å². The number of fused-ring (bicyclic) bond motifs is 2. The van der Waals surface area contributed by atoms with Gasteiger partial charge in [0.05, 0.1) is 23.2 Å². The fourth-order valence-corrected chi connectivity index (χ4v) is 6.32. The third kappa shape index (κ3) is 3.06. The van der Waals surface area contributed by atoms with Crippen molar-refractivity contribution in [1.82, 2.24) is 9.55 Å². The Kier molecular flexibility index (Phi) is 4.80. The molecule has 164 valence electrons. The van der Waals surface area contributed by atoms with E-state index in [2.05, 4.69) is 4.98 Å². The van der Waals surface area contributed by atoms with Crippen LogP contribution >= 0.6 is 11.3 Å². The van der Waals surface area contributed by atoms with Crippen LogP contribution in [0, 0.1) is 12.7 Å². The van der Waals surface area contributed by atoms with Gasteiger partial charge in [0.25, 0.3) is 5.56 Å². The van der Waals surface area contributed by atoms with Crippen molar-refractivity contribution in [3.8, 4) is 10.4 Å². The van der Waals surface area contributed by atoms with Gasteiger partial charge in [-0.3, -0.25) is 14.3 Å². The molecule has 7 nitrogen and oxygen atoms in total. The van der Waals surface area contributed by atoms with Crippen LogP contribution in [0.1, 0.15) is 53.6 Å². The first kappa shape index (κ1) is 20.4. The number of nitrogens with zero attached hydrogens (tertiary/aromatic N) is 1. The molecule has 0 radical (unpaired) electrons. The highest BCUT2D eigenvalue weighted by molar-refractivity contribution is 7.15. The second-order valence-corrected chi connectivity index (χ2v) is 9.78. The Morgan fingerprint density at radius 3 is 2.77 bits per heavy atom. The zero-order valence-corrected chi connectivity index (χ0v) is 18.0. The number of benzene rings is 1. The minimum atomic E-state index is -0.664. The van der Waals surface area contributed by atoms with Crippen LogP contribution in [-0.2, 0) is 6.42 Å². The van der Waals surface area contributed by atoms with Gasteiger partial charge in [-0.05, 0) is 56.2 Å². The van der Waals surface area contributed by atoms with Gasteiger partial charge in [-0.1, -0.05) is 0 Å². The van der Waals surface area contributed by atoms with Gasteiger partial charge in [-0.25, -0.2) is 9.18 Å². The van der Waals surface area contributed by atoms with Crippen LogP contribution in [-0.4, -0.2) is 27.3 Å². The number of aryl methyl sites for hydroxylation is 2. The molecule has 1 aromatic carbocycles. The first-order valence-corrected chi connectivity index (χ1v) is 11.4. The van der Waals surface area contributed by atoms with Crippen LogP contribution in [0.25, 0.3) is 21.3 Å². The molecule has 9 heteroatoms. The molecule has 2 atom stereocenters. The number of hydrogen-bond donors (Lipinski definition) is 4. The van der Waals surface area contributed by atoms with Gasteiger partial charge in [0, 0.05) is 33.3 Å².